The van der Waals surface area contributed by atoms with Gasteiger partial charge in [0.2, 0.25) is 0 Å². The zero-order valence-corrected chi connectivity index (χ0v) is 5.83. The molecule has 1 rings (SSSR count). The van der Waals surface area contributed by atoms with E-state index in [4.69, 9.17) is 0 Å². The van der Waals surface area contributed by atoms with Crippen LogP contribution >= 0.6 is 0 Å². The number of aromatic nitrogens is 1. The third-order valence-electron chi connectivity index (χ3n) is 1.03. The number of hydrogen-bond acceptors (Lipinski definition) is 0. The third-order valence-corrected chi connectivity index (χ3v) is 1.03. The van der Waals surface area contributed by atoms with Gasteiger partial charge in [0.05, 0.1) is 0 Å². The van der Waals surface area contributed by atoms with Crippen LogP contribution in [0.2, 0.25) is 0 Å². The summed E-state index contributed by atoms with van der Waals surface area (Å²) in [4.78, 5) is 0. The van der Waals surface area contributed by atoms with Crippen molar-refractivity contribution in [1.29, 1.82) is 0 Å². The van der Waals surface area contributed by atoms with Crippen LogP contribution < -0.4 is 0 Å². The van der Waals surface area contributed by atoms with Crippen LogP contribution in [0.3, 0.4) is 0 Å². The largest absolute Gasteiger partial charge is 0.331 e. The predicted octanol–water partition coefficient (Wildman–Crippen LogP) is 2.37. The molecule has 1 heteroatoms. The lowest BCUT2D eigenvalue weighted by atomic mass is 10.4. The Morgan fingerprint density at radius 2 is 1.78 bits per heavy atom. The second kappa shape index (κ2) is 2.53. The van der Waals surface area contributed by atoms with E-state index in [1.54, 1.807) is 0 Å². The summed E-state index contributed by atoms with van der Waals surface area (Å²) in [6.07, 6.45) is 6.12. The summed E-state index contributed by atoms with van der Waals surface area (Å²) in [5, 5.41) is 0. The molecule has 0 aliphatic heterocycles. The van der Waals surface area contributed by atoms with Gasteiger partial charge in [-0.1, -0.05) is 5.57 Å². The summed E-state index contributed by atoms with van der Waals surface area (Å²) in [5.41, 5.74) is 1.31. The van der Waals surface area contributed by atoms with Crippen LogP contribution in [0.1, 0.15) is 13.8 Å². The first-order valence-corrected chi connectivity index (χ1v) is 3.06. The Morgan fingerprint density at radius 3 is 2.22 bits per heavy atom. The van der Waals surface area contributed by atoms with Gasteiger partial charge in [-0.3, -0.25) is 0 Å². The van der Waals surface area contributed by atoms with Crippen molar-refractivity contribution >= 4 is 6.20 Å². The van der Waals surface area contributed by atoms with Crippen LogP contribution in [-0.4, -0.2) is 4.57 Å². The van der Waals surface area contributed by atoms with E-state index in [0.29, 0.717) is 0 Å². The summed E-state index contributed by atoms with van der Waals surface area (Å²) >= 11 is 0. The average molecular weight is 121 g/mol. The fourth-order valence-corrected chi connectivity index (χ4v) is 0.732. The molecule has 0 saturated heterocycles. The molecule has 1 aromatic heterocycles. The van der Waals surface area contributed by atoms with Crippen molar-refractivity contribution in [2.45, 2.75) is 13.8 Å². The smallest absolute Gasteiger partial charge is 0.00824 e. The highest BCUT2D eigenvalue weighted by molar-refractivity contribution is 5.28. The molecule has 1 aromatic rings. The van der Waals surface area contributed by atoms with Crippen LogP contribution in [0.15, 0.2) is 30.1 Å². The van der Waals surface area contributed by atoms with Gasteiger partial charge in [0.15, 0.2) is 0 Å². The maximum absolute atomic E-state index is 2.08. The van der Waals surface area contributed by atoms with Crippen molar-refractivity contribution in [3.05, 3.63) is 30.1 Å². The van der Waals surface area contributed by atoms with E-state index in [1.807, 2.05) is 29.1 Å². The Morgan fingerprint density at radius 1 is 1.22 bits per heavy atom. The molecule has 0 spiro atoms. The summed E-state index contributed by atoms with van der Waals surface area (Å²) in [7, 11) is 0. The van der Waals surface area contributed by atoms with Gasteiger partial charge < -0.3 is 4.57 Å². The number of hydrogen-bond donors (Lipinski definition) is 0. The number of rotatable bonds is 1. The second-order valence-corrected chi connectivity index (χ2v) is 2.34. The van der Waals surface area contributed by atoms with Gasteiger partial charge in [0.1, 0.15) is 0 Å². The van der Waals surface area contributed by atoms with Gasteiger partial charge in [-0.2, -0.15) is 0 Å². The molecule has 0 fully saturated rings. The molecule has 0 unspecified atom stereocenters. The summed E-state index contributed by atoms with van der Waals surface area (Å²) in [5.74, 6) is 0. The van der Waals surface area contributed by atoms with E-state index in [-0.39, 0.29) is 0 Å². The summed E-state index contributed by atoms with van der Waals surface area (Å²) < 4.78 is 2.04. The molecule has 0 N–H and O–H groups in total. The Hall–Kier alpha value is -0.980. The van der Waals surface area contributed by atoms with E-state index in [0.717, 1.165) is 0 Å². The Kier molecular flexibility index (Phi) is 1.73. The van der Waals surface area contributed by atoms with Gasteiger partial charge in [-0.25, -0.2) is 0 Å². The predicted molar refractivity (Wildman–Crippen MR) is 40.1 cm³/mol. The van der Waals surface area contributed by atoms with E-state index in [1.165, 1.54) is 5.57 Å². The van der Waals surface area contributed by atoms with Crippen LogP contribution in [0.5, 0.6) is 0 Å². The van der Waals surface area contributed by atoms with Crippen LogP contribution in [0.4, 0.5) is 0 Å². The molecular formula is C8H11N. The van der Waals surface area contributed by atoms with Crippen molar-refractivity contribution in [2.24, 2.45) is 0 Å². The zero-order chi connectivity index (χ0) is 6.69. The highest BCUT2D eigenvalue weighted by Gasteiger charge is 1.79. The molecule has 0 saturated carbocycles. The fraction of sp³-hybridized carbons (Fsp3) is 0.250. The van der Waals surface area contributed by atoms with Crippen molar-refractivity contribution in [3.8, 4) is 0 Å². The molecule has 0 aliphatic carbocycles. The lowest BCUT2D eigenvalue weighted by Crippen LogP contribution is -1.78. The molecule has 0 aromatic carbocycles. The Labute approximate surface area is 55.6 Å². The third kappa shape index (κ3) is 1.76. The van der Waals surface area contributed by atoms with Gasteiger partial charge >= 0.3 is 0 Å². The van der Waals surface area contributed by atoms with Gasteiger partial charge in [0.25, 0.3) is 0 Å². The molecular weight excluding hydrogens is 110 g/mol. The highest BCUT2D eigenvalue weighted by Crippen LogP contribution is 1.95. The summed E-state index contributed by atoms with van der Waals surface area (Å²) in [6.45, 7) is 4.17. The SMILES string of the molecule is CC(C)=Cn1cccc1. The zero-order valence-electron chi connectivity index (χ0n) is 5.83. The van der Waals surface area contributed by atoms with E-state index >= 15 is 0 Å². The van der Waals surface area contributed by atoms with E-state index in [2.05, 4.69) is 20.0 Å². The Balaban J connectivity index is 2.80. The average Bonchev–Trinajstić information content (AvgIpc) is 2.15. The quantitative estimate of drug-likeness (QED) is 0.537. The minimum Gasteiger partial charge on any atom is -0.331 e. The van der Waals surface area contributed by atoms with Gasteiger partial charge in [-0.15, -0.1) is 0 Å². The van der Waals surface area contributed by atoms with E-state index < -0.39 is 0 Å². The number of nitrogens with zero attached hydrogens (tertiary/aromatic N) is 1. The molecule has 48 valence electrons. The molecule has 0 amide bonds. The molecule has 0 bridgehead atoms. The second-order valence-electron chi connectivity index (χ2n) is 2.34. The van der Waals surface area contributed by atoms with Crippen LogP contribution in [0, 0.1) is 0 Å². The van der Waals surface area contributed by atoms with Crippen LogP contribution in [0.25, 0.3) is 6.20 Å². The lowest BCUT2D eigenvalue weighted by Gasteiger charge is -1.91. The number of allylic oxidation sites excluding steroid dienone is 1. The highest BCUT2D eigenvalue weighted by atomic mass is 14.9. The van der Waals surface area contributed by atoms with Gasteiger partial charge in [-0.05, 0) is 26.0 Å². The molecule has 1 nitrogen and oxygen atoms in total. The Bertz CT molecular complexity index is 190. The molecule has 0 radical (unpaired) electrons. The maximum Gasteiger partial charge on any atom is 0.00824 e. The lowest BCUT2D eigenvalue weighted by molar-refractivity contribution is 1.15. The fourth-order valence-electron chi connectivity index (χ4n) is 0.732. The van der Waals surface area contributed by atoms with Crippen LogP contribution in [-0.2, 0) is 0 Å². The first-order chi connectivity index (χ1) is 4.29. The van der Waals surface area contributed by atoms with Crippen molar-refractivity contribution in [2.75, 3.05) is 0 Å². The van der Waals surface area contributed by atoms with Crippen molar-refractivity contribution in [1.82, 2.24) is 4.57 Å². The van der Waals surface area contributed by atoms with Crippen molar-refractivity contribution < 1.29 is 0 Å². The minimum absolute atomic E-state index is 1.31. The molecule has 0 aliphatic rings. The van der Waals surface area contributed by atoms with Crippen molar-refractivity contribution in [3.63, 3.8) is 0 Å². The molecule has 1 heterocycles. The topological polar surface area (TPSA) is 4.93 Å². The maximum atomic E-state index is 2.08. The van der Waals surface area contributed by atoms with Gasteiger partial charge in [0, 0.05) is 18.6 Å². The molecule has 0 atom stereocenters. The molecule has 9 heavy (non-hydrogen) atoms. The minimum atomic E-state index is 1.31. The first-order valence-electron chi connectivity index (χ1n) is 3.06. The standard InChI is InChI=1S/C8H11N/c1-8(2)7-9-5-3-4-6-9/h3-7H,1-2H3. The first kappa shape index (κ1) is 6.14. The summed E-state index contributed by atoms with van der Waals surface area (Å²) in [6, 6.07) is 4.03. The van der Waals surface area contributed by atoms with E-state index in [9.17, 15) is 0 Å². The normalized spacial score (nSPS) is 9.11. The monoisotopic (exact) mass is 121 g/mol.